The number of pyridine rings is 1. The summed E-state index contributed by atoms with van der Waals surface area (Å²) in [6.07, 6.45) is -1.51. The van der Waals surface area contributed by atoms with Gasteiger partial charge in [0.25, 0.3) is 0 Å². The zero-order valence-electron chi connectivity index (χ0n) is 14.9. The predicted molar refractivity (Wildman–Crippen MR) is 94.2 cm³/mol. The van der Waals surface area contributed by atoms with E-state index in [-0.39, 0.29) is 6.54 Å². The highest BCUT2D eigenvalue weighted by Gasteiger charge is 2.34. The van der Waals surface area contributed by atoms with Crippen LogP contribution in [0, 0.1) is 12.8 Å². The highest BCUT2D eigenvalue weighted by Crippen LogP contribution is 2.35. The zero-order chi connectivity index (χ0) is 19.6. The van der Waals surface area contributed by atoms with Crippen molar-refractivity contribution in [2.24, 2.45) is 5.92 Å². The SMILES string of the molecule is Cc1ccc(C(c2cccc(C(F)(F)F)c2)N2CCCC(C(=O)O)C2)nc1. The number of aliphatic carboxylic acids is 1. The smallest absolute Gasteiger partial charge is 0.416 e. The number of likely N-dealkylation sites (tertiary alicyclic amines) is 1. The Labute approximate surface area is 155 Å². The largest absolute Gasteiger partial charge is 0.481 e. The van der Waals surface area contributed by atoms with Crippen molar-refractivity contribution < 1.29 is 23.1 Å². The summed E-state index contributed by atoms with van der Waals surface area (Å²) in [6, 6.07) is 8.35. The molecule has 7 heteroatoms. The molecule has 2 atom stereocenters. The molecule has 2 aromatic rings. The summed E-state index contributed by atoms with van der Waals surface area (Å²) < 4.78 is 39.6. The first kappa shape index (κ1) is 19.4. The lowest BCUT2D eigenvalue weighted by Gasteiger charge is -2.37. The Bertz CT molecular complexity index is 806. The molecule has 4 nitrogen and oxygen atoms in total. The van der Waals surface area contributed by atoms with E-state index >= 15 is 0 Å². The molecule has 1 aliphatic rings. The molecule has 1 fully saturated rings. The molecule has 0 spiro atoms. The maximum Gasteiger partial charge on any atom is 0.416 e. The second kappa shape index (κ2) is 7.68. The van der Waals surface area contributed by atoms with Crippen LogP contribution in [-0.2, 0) is 11.0 Å². The lowest BCUT2D eigenvalue weighted by atomic mass is 9.92. The van der Waals surface area contributed by atoms with Gasteiger partial charge in [-0.25, -0.2) is 0 Å². The lowest BCUT2D eigenvalue weighted by molar-refractivity contribution is -0.143. The second-order valence-corrected chi connectivity index (χ2v) is 6.96. The zero-order valence-corrected chi connectivity index (χ0v) is 14.9. The maximum absolute atomic E-state index is 13.2. The van der Waals surface area contributed by atoms with Crippen LogP contribution in [0.5, 0.6) is 0 Å². The van der Waals surface area contributed by atoms with E-state index in [0.717, 1.165) is 17.7 Å². The van der Waals surface area contributed by atoms with Crippen LogP contribution in [-0.4, -0.2) is 34.0 Å². The summed E-state index contributed by atoms with van der Waals surface area (Å²) in [5.74, 6) is -1.41. The van der Waals surface area contributed by atoms with Crippen molar-refractivity contribution in [3.8, 4) is 0 Å². The number of rotatable bonds is 4. The van der Waals surface area contributed by atoms with E-state index in [1.54, 1.807) is 18.3 Å². The number of alkyl halides is 3. The summed E-state index contributed by atoms with van der Waals surface area (Å²) in [5.41, 5.74) is 1.31. The molecule has 2 unspecified atom stereocenters. The quantitative estimate of drug-likeness (QED) is 0.862. The molecule has 1 aliphatic heterocycles. The van der Waals surface area contributed by atoms with Gasteiger partial charge in [-0.1, -0.05) is 18.2 Å². The van der Waals surface area contributed by atoms with Crippen molar-refractivity contribution in [1.29, 1.82) is 0 Å². The topological polar surface area (TPSA) is 53.4 Å². The number of halogens is 3. The Hall–Kier alpha value is -2.41. The van der Waals surface area contributed by atoms with Crippen LogP contribution in [0.4, 0.5) is 13.2 Å². The van der Waals surface area contributed by atoms with E-state index in [0.29, 0.717) is 30.6 Å². The average Bonchev–Trinajstić information content (AvgIpc) is 2.63. The molecule has 0 amide bonds. The molecule has 2 heterocycles. The molecule has 0 radical (unpaired) electrons. The summed E-state index contributed by atoms with van der Waals surface area (Å²) >= 11 is 0. The fourth-order valence-electron chi connectivity index (χ4n) is 3.54. The van der Waals surface area contributed by atoms with Crippen LogP contribution in [0.3, 0.4) is 0 Å². The van der Waals surface area contributed by atoms with E-state index in [1.807, 2.05) is 17.9 Å². The van der Waals surface area contributed by atoms with Gasteiger partial charge in [0.15, 0.2) is 0 Å². The molecule has 0 bridgehead atoms. The Morgan fingerprint density at radius 1 is 1.30 bits per heavy atom. The van der Waals surface area contributed by atoms with Gasteiger partial charge < -0.3 is 5.11 Å². The van der Waals surface area contributed by atoms with Gasteiger partial charge in [0.05, 0.1) is 23.2 Å². The van der Waals surface area contributed by atoms with Crippen LogP contribution in [0.2, 0.25) is 0 Å². The number of carbonyl (C=O) groups is 1. The van der Waals surface area contributed by atoms with Gasteiger partial charge in [-0.2, -0.15) is 13.2 Å². The minimum atomic E-state index is -4.44. The first-order chi connectivity index (χ1) is 12.8. The molecule has 27 heavy (non-hydrogen) atoms. The molecular weight excluding hydrogens is 357 g/mol. The molecular formula is C20H21F3N2O2. The van der Waals surface area contributed by atoms with Gasteiger partial charge >= 0.3 is 12.1 Å². The van der Waals surface area contributed by atoms with Crippen molar-refractivity contribution in [3.63, 3.8) is 0 Å². The number of aryl methyl sites for hydroxylation is 1. The molecule has 1 N–H and O–H groups in total. The number of hydrogen-bond donors (Lipinski definition) is 1. The Morgan fingerprint density at radius 2 is 2.07 bits per heavy atom. The van der Waals surface area contributed by atoms with Crippen LogP contribution < -0.4 is 0 Å². The molecule has 0 saturated carbocycles. The number of piperidine rings is 1. The molecule has 1 aromatic carbocycles. The van der Waals surface area contributed by atoms with E-state index in [9.17, 15) is 23.1 Å². The summed E-state index contributed by atoms with van der Waals surface area (Å²) in [7, 11) is 0. The number of nitrogens with zero attached hydrogens (tertiary/aromatic N) is 2. The lowest BCUT2D eigenvalue weighted by Crippen LogP contribution is -2.41. The number of carboxylic acids is 1. The van der Waals surface area contributed by atoms with E-state index < -0.39 is 29.7 Å². The maximum atomic E-state index is 13.2. The third kappa shape index (κ3) is 4.47. The van der Waals surface area contributed by atoms with Crippen molar-refractivity contribution in [3.05, 3.63) is 65.0 Å². The van der Waals surface area contributed by atoms with Gasteiger partial charge in [-0.3, -0.25) is 14.7 Å². The monoisotopic (exact) mass is 378 g/mol. The van der Waals surface area contributed by atoms with Crippen molar-refractivity contribution in [2.75, 3.05) is 13.1 Å². The van der Waals surface area contributed by atoms with Crippen LogP contribution in [0.25, 0.3) is 0 Å². The van der Waals surface area contributed by atoms with Crippen molar-refractivity contribution >= 4 is 5.97 Å². The third-order valence-electron chi connectivity index (χ3n) is 4.91. The summed E-state index contributed by atoms with van der Waals surface area (Å²) in [5, 5.41) is 9.38. The second-order valence-electron chi connectivity index (χ2n) is 6.96. The first-order valence-electron chi connectivity index (χ1n) is 8.82. The predicted octanol–water partition coefficient (Wildman–Crippen LogP) is 4.29. The Morgan fingerprint density at radius 3 is 2.70 bits per heavy atom. The minimum absolute atomic E-state index is 0.284. The van der Waals surface area contributed by atoms with E-state index in [4.69, 9.17) is 0 Å². The van der Waals surface area contributed by atoms with Crippen molar-refractivity contribution in [2.45, 2.75) is 32.0 Å². The number of benzene rings is 1. The van der Waals surface area contributed by atoms with Gasteiger partial charge in [0, 0.05) is 12.7 Å². The fourth-order valence-corrected chi connectivity index (χ4v) is 3.54. The van der Waals surface area contributed by atoms with E-state index in [1.165, 1.54) is 6.07 Å². The minimum Gasteiger partial charge on any atom is -0.481 e. The van der Waals surface area contributed by atoms with Crippen LogP contribution in [0.15, 0.2) is 42.6 Å². The molecule has 1 aromatic heterocycles. The van der Waals surface area contributed by atoms with Gasteiger partial charge in [-0.15, -0.1) is 0 Å². The number of aromatic nitrogens is 1. The van der Waals surface area contributed by atoms with Gasteiger partial charge in [-0.05, 0) is 55.6 Å². The highest BCUT2D eigenvalue weighted by molar-refractivity contribution is 5.70. The van der Waals surface area contributed by atoms with E-state index in [2.05, 4.69) is 4.98 Å². The average molecular weight is 378 g/mol. The molecule has 3 rings (SSSR count). The van der Waals surface area contributed by atoms with Gasteiger partial charge in [0.1, 0.15) is 0 Å². The standard InChI is InChI=1S/C20H21F3N2O2/c1-13-7-8-17(24-11-13)18(25-9-3-5-15(12-25)19(26)27)14-4-2-6-16(10-14)20(21,22)23/h2,4,6-8,10-11,15,18H,3,5,9,12H2,1H3,(H,26,27). The normalized spacial score (nSPS) is 19.6. The van der Waals surface area contributed by atoms with Gasteiger partial charge in [0.2, 0.25) is 0 Å². The summed E-state index contributed by atoms with van der Waals surface area (Å²) in [4.78, 5) is 17.8. The molecule has 144 valence electrons. The summed E-state index contributed by atoms with van der Waals surface area (Å²) in [6.45, 7) is 2.78. The fraction of sp³-hybridized carbons (Fsp3) is 0.400. The number of carboxylic acid groups (broad SMARTS) is 1. The first-order valence-corrected chi connectivity index (χ1v) is 8.82. The highest BCUT2D eigenvalue weighted by atomic mass is 19.4. The van der Waals surface area contributed by atoms with Crippen molar-refractivity contribution in [1.82, 2.24) is 9.88 Å². The number of hydrogen-bond acceptors (Lipinski definition) is 3. The van der Waals surface area contributed by atoms with Crippen LogP contribution >= 0.6 is 0 Å². The third-order valence-corrected chi connectivity index (χ3v) is 4.91. The molecule has 1 saturated heterocycles. The van der Waals surface area contributed by atoms with Crippen LogP contribution in [0.1, 0.15) is 41.3 Å². The Balaban J connectivity index is 2.03. The molecule has 0 aliphatic carbocycles. The Kier molecular flexibility index (Phi) is 5.51.